The Morgan fingerprint density at radius 3 is 2.59 bits per heavy atom. The van der Waals surface area contributed by atoms with Gasteiger partial charge in [-0.15, -0.1) is 0 Å². The zero-order valence-electron chi connectivity index (χ0n) is 12.5. The molecule has 0 saturated carbocycles. The number of aryl methyl sites for hydroxylation is 1. The zero-order valence-corrected chi connectivity index (χ0v) is 13.3. The van der Waals surface area contributed by atoms with Crippen molar-refractivity contribution in [3.8, 4) is 0 Å². The van der Waals surface area contributed by atoms with E-state index in [0.717, 1.165) is 0 Å². The van der Waals surface area contributed by atoms with E-state index in [1.165, 1.54) is 24.3 Å². The average molecular weight is 323 g/mol. The van der Waals surface area contributed by atoms with Gasteiger partial charge in [-0.1, -0.05) is 11.2 Å². The van der Waals surface area contributed by atoms with Crippen LogP contribution in [0.5, 0.6) is 0 Å². The predicted molar refractivity (Wildman–Crippen MR) is 81.1 cm³/mol. The first-order chi connectivity index (χ1) is 10.3. The van der Waals surface area contributed by atoms with Crippen molar-refractivity contribution in [2.75, 3.05) is 4.72 Å². The SMILES string of the molecule is Cc1cc(NS(=O)(=O)c2cccc(C(=O)NC(C)C)c2)no1. The molecule has 2 rings (SSSR count). The molecule has 1 aromatic carbocycles. The number of benzene rings is 1. The summed E-state index contributed by atoms with van der Waals surface area (Å²) >= 11 is 0. The molecule has 0 bridgehead atoms. The fourth-order valence-electron chi connectivity index (χ4n) is 1.76. The van der Waals surface area contributed by atoms with Crippen molar-refractivity contribution in [2.24, 2.45) is 0 Å². The molecule has 22 heavy (non-hydrogen) atoms. The second-order valence-electron chi connectivity index (χ2n) is 5.08. The number of rotatable bonds is 5. The van der Waals surface area contributed by atoms with Crippen LogP contribution in [0.3, 0.4) is 0 Å². The summed E-state index contributed by atoms with van der Waals surface area (Å²) in [6, 6.07) is 7.21. The van der Waals surface area contributed by atoms with Gasteiger partial charge in [0.05, 0.1) is 4.90 Å². The fourth-order valence-corrected chi connectivity index (χ4v) is 2.79. The highest BCUT2D eigenvalue weighted by Crippen LogP contribution is 2.17. The lowest BCUT2D eigenvalue weighted by Crippen LogP contribution is -2.30. The van der Waals surface area contributed by atoms with E-state index in [1.54, 1.807) is 13.0 Å². The average Bonchev–Trinajstić information content (AvgIpc) is 2.82. The van der Waals surface area contributed by atoms with Crippen molar-refractivity contribution >= 4 is 21.7 Å². The zero-order chi connectivity index (χ0) is 16.3. The number of hydrogen-bond acceptors (Lipinski definition) is 5. The summed E-state index contributed by atoms with van der Waals surface area (Å²) in [4.78, 5) is 11.9. The molecule has 0 atom stereocenters. The quantitative estimate of drug-likeness (QED) is 0.875. The summed E-state index contributed by atoms with van der Waals surface area (Å²) in [5.41, 5.74) is 0.271. The van der Waals surface area contributed by atoms with Crippen LogP contribution in [0.2, 0.25) is 0 Å². The van der Waals surface area contributed by atoms with Gasteiger partial charge >= 0.3 is 0 Å². The molecule has 0 fully saturated rings. The van der Waals surface area contributed by atoms with Crippen LogP contribution < -0.4 is 10.0 Å². The Morgan fingerprint density at radius 1 is 1.27 bits per heavy atom. The molecule has 0 spiro atoms. The number of aromatic nitrogens is 1. The first-order valence-electron chi connectivity index (χ1n) is 6.65. The van der Waals surface area contributed by atoms with Crippen LogP contribution in [0.1, 0.15) is 30.0 Å². The molecule has 0 aliphatic carbocycles. The Labute approximate surface area is 128 Å². The van der Waals surface area contributed by atoms with Crippen molar-refractivity contribution in [3.05, 3.63) is 41.7 Å². The lowest BCUT2D eigenvalue weighted by molar-refractivity contribution is 0.0943. The molecule has 1 aromatic heterocycles. The van der Waals surface area contributed by atoms with E-state index in [-0.39, 0.29) is 28.2 Å². The smallest absolute Gasteiger partial charge is 0.263 e. The Morgan fingerprint density at radius 2 is 2.00 bits per heavy atom. The van der Waals surface area contributed by atoms with E-state index in [0.29, 0.717) is 5.76 Å². The molecular formula is C14H17N3O4S. The van der Waals surface area contributed by atoms with Crippen molar-refractivity contribution in [1.29, 1.82) is 0 Å². The van der Waals surface area contributed by atoms with E-state index in [1.807, 2.05) is 13.8 Å². The summed E-state index contributed by atoms with van der Waals surface area (Å²) < 4.78 is 31.7. The lowest BCUT2D eigenvalue weighted by Gasteiger charge is -2.10. The van der Waals surface area contributed by atoms with Crippen molar-refractivity contribution < 1.29 is 17.7 Å². The summed E-state index contributed by atoms with van der Waals surface area (Å²) in [6.07, 6.45) is 0. The molecule has 0 aliphatic rings. The van der Waals surface area contributed by atoms with Gasteiger partial charge in [-0.3, -0.25) is 9.52 Å². The third kappa shape index (κ3) is 3.85. The Kier molecular flexibility index (Phi) is 4.51. The number of nitrogens with one attached hydrogen (secondary N) is 2. The summed E-state index contributed by atoms with van der Waals surface area (Å²) in [5, 5.41) is 6.29. The Bertz CT molecular complexity index is 781. The van der Waals surface area contributed by atoms with Gasteiger partial charge in [0.15, 0.2) is 5.82 Å². The molecule has 0 radical (unpaired) electrons. The van der Waals surface area contributed by atoms with Gasteiger partial charge in [0.25, 0.3) is 15.9 Å². The number of carbonyl (C=O) groups is 1. The molecule has 2 N–H and O–H groups in total. The van der Waals surface area contributed by atoms with Crippen LogP contribution in [-0.4, -0.2) is 25.5 Å². The van der Waals surface area contributed by atoms with Crippen LogP contribution in [0, 0.1) is 6.92 Å². The first kappa shape index (κ1) is 16.0. The highest BCUT2D eigenvalue weighted by atomic mass is 32.2. The van der Waals surface area contributed by atoms with Crippen LogP contribution >= 0.6 is 0 Å². The molecule has 8 heteroatoms. The van der Waals surface area contributed by atoms with Crippen molar-refractivity contribution in [3.63, 3.8) is 0 Å². The number of amides is 1. The summed E-state index contributed by atoms with van der Waals surface area (Å²) in [7, 11) is -3.84. The second kappa shape index (κ2) is 6.18. The highest BCUT2D eigenvalue weighted by Gasteiger charge is 2.18. The lowest BCUT2D eigenvalue weighted by atomic mass is 10.2. The number of nitrogens with zero attached hydrogens (tertiary/aromatic N) is 1. The normalized spacial score (nSPS) is 11.5. The van der Waals surface area contributed by atoms with E-state index in [2.05, 4.69) is 15.2 Å². The highest BCUT2D eigenvalue weighted by molar-refractivity contribution is 7.92. The topological polar surface area (TPSA) is 101 Å². The second-order valence-corrected chi connectivity index (χ2v) is 6.77. The minimum Gasteiger partial charge on any atom is -0.360 e. The molecule has 1 amide bonds. The molecule has 2 aromatic rings. The van der Waals surface area contributed by atoms with Crippen LogP contribution in [0.15, 0.2) is 39.8 Å². The van der Waals surface area contributed by atoms with Gasteiger partial charge in [-0.2, -0.15) is 0 Å². The summed E-state index contributed by atoms with van der Waals surface area (Å²) in [6.45, 7) is 5.31. The van der Waals surface area contributed by atoms with Gasteiger partial charge < -0.3 is 9.84 Å². The minimum absolute atomic E-state index is 0.0236. The van der Waals surface area contributed by atoms with Gasteiger partial charge in [-0.05, 0) is 39.0 Å². The molecule has 0 saturated heterocycles. The maximum absolute atomic E-state index is 12.3. The number of sulfonamides is 1. The number of carbonyl (C=O) groups excluding carboxylic acids is 1. The van der Waals surface area contributed by atoms with Crippen LogP contribution in [0.4, 0.5) is 5.82 Å². The monoisotopic (exact) mass is 323 g/mol. The van der Waals surface area contributed by atoms with Crippen molar-refractivity contribution in [1.82, 2.24) is 10.5 Å². The number of anilines is 1. The molecule has 0 aliphatic heterocycles. The van der Waals surface area contributed by atoms with Crippen LogP contribution in [-0.2, 0) is 10.0 Å². The number of hydrogen-bond donors (Lipinski definition) is 2. The minimum atomic E-state index is -3.84. The van der Waals surface area contributed by atoms with E-state index in [4.69, 9.17) is 4.52 Å². The maximum Gasteiger partial charge on any atom is 0.263 e. The molecule has 1 heterocycles. The fraction of sp³-hybridized carbons (Fsp3) is 0.286. The molecule has 7 nitrogen and oxygen atoms in total. The van der Waals surface area contributed by atoms with Gasteiger partial charge in [0, 0.05) is 17.7 Å². The van der Waals surface area contributed by atoms with Gasteiger partial charge in [0.2, 0.25) is 0 Å². The Balaban J connectivity index is 2.26. The van der Waals surface area contributed by atoms with E-state index < -0.39 is 10.0 Å². The molecule has 0 unspecified atom stereocenters. The first-order valence-corrected chi connectivity index (χ1v) is 8.13. The maximum atomic E-state index is 12.3. The van der Waals surface area contributed by atoms with E-state index in [9.17, 15) is 13.2 Å². The standard InChI is InChI=1S/C14H17N3O4S/c1-9(2)15-14(18)11-5-4-6-12(8-11)22(19,20)17-13-7-10(3)21-16-13/h4-9H,1-3H3,(H,15,18)(H,16,17). The van der Waals surface area contributed by atoms with Crippen molar-refractivity contribution in [2.45, 2.75) is 31.7 Å². The predicted octanol–water partition coefficient (Wildman–Crippen LogP) is 1.92. The summed E-state index contributed by atoms with van der Waals surface area (Å²) in [5.74, 6) is 0.252. The van der Waals surface area contributed by atoms with Gasteiger partial charge in [-0.25, -0.2) is 8.42 Å². The third-order valence-corrected chi connectivity index (χ3v) is 4.05. The largest absolute Gasteiger partial charge is 0.360 e. The molecule has 118 valence electrons. The Hall–Kier alpha value is -2.35. The van der Waals surface area contributed by atoms with Gasteiger partial charge in [0.1, 0.15) is 5.76 Å². The van der Waals surface area contributed by atoms with E-state index >= 15 is 0 Å². The molecular weight excluding hydrogens is 306 g/mol. The van der Waals surface area contributed by atoms with Crippen LogP contribution in [0.25, 0.3) is 0 Å². The third-order valence-electron chi connectivity index (χ3n) is 2.69.